The van der Waals surface area contributed by atoms with Crippen molar-refractivity contribution in [2.24, 2.45) is 10.9 Å². The van der Waals surface area contributed by atoms with Gasteiger partial charge >= 0.3 is 6.61 Å². The van der Waals surface area contributed by atoms with Gasteiger partial charge in [0.25, 0.3) is 0 Å². The molecule has 0 spiro atoms. The second-order valence-corrected chi connectivity index (χ2v) is 6.48. The molecule has 28 heavy (non-hydrogen) atoms. The van der Waals surface area contributed by atoms with Crippen LogP contribution in [0.2, 0.25) is 0 Å². The van der Waals surface area contributed by atoms with Gasteiger partial charge in [-0.15, -0.1) is 0 Å². The summed E-state index contributed by atoms with van der Waals surface area (Å²) in [5, 5.41) is 6.21. The second-order valence-electron chi connectivity index (χ2n) is 6.48. The van der Waals surface area contributed by atoms with Crippen molar-refractivity contribution < 1.29 is 13.5 Å². The number of allylic oxidation sites excluding steroid dienone is 1. The fourth-order valence-corrected chi connectivity index (χ4v) is 3.23. The first-order valence-electron chi connectivity index (χ1n) is 8.95. The minimum Gasteiger partial charge on any atom is -0.434 e. The normalized spacial score (nSPS) is 17.6. The van der Waals surface area contributed by atoms with Gasteiger partial charge in [0.15, 0.2) is 0 Å². The highest BCUT2D eigenvalue weighted by Gasteiger charge is 2.25. The van der Waals surface area contributed by atoms with E-state index in [9.17, 15) is 8.78 Å². The van der Waals surface area contributed by atoms with E-state index in [1.165, 1.54) is 11.6 Å². The lowest BCUT2D eigenvalue weighted by molar-refractivity contribution is -0.0504. The van der Waals surface area contributed by atoms with Gasteiger partial charge in [-0.2, -0.15) is 8.78 Å². The Hall–Kier alpha value is -3.29. The van der Waals surface area contributed by atoms with E-state index >= 15 is 0 Å². The van der Waals surface area contributed by atoms with Crippen LogP contribution in [0, 0.1) is 5.92 Å². The molecule has 1 aromatic heterocycles. The third kappa shape index (κ3) is 4.16. The van der Waals surface area contributed by atoms with E-state index in [1.54, 1.807) is 30.6 Å². The fourth-order valence-electron chi connectivity index (χ4n) is 3.23. The van der Waals surface area contributed by atoms with Crippen molar-refractivity contribution in [3.8, 4) is 5.75 Å². The van der Waals surface area contributed by atoms with Gasteiger partial charge in [-0.05, 0) is 36.2 Å². The Labute approximate surface area is 161 Å². The van der Waals surface area contributed by atoms with Crippen LogP contribution in [0.3, 0.4) is 0 Å². The Balaban J connectivity index is 1.35. The molecule has 4 rings (SSSR count). The first-order valence-corrected chi connectivity index (χ1v) is 8.95. The predicted octanol–water partition coefficient (Wildman–Crippen LogP) is 3.65. The van der Waals surface area contributed by atoms with Crippen LogP contribution in [-0.2, 0) is 13.0 Å². The van der Waals surface area contributed by atoms with Crippen LogP contribution < -0.4 is 15.4 Å². The summed E-state index contributed by atoms with van der Waals surface area (Å²) in [6.45, 7) is -2.58. The molecule has 6 nitrogen and oxygen atoms in total. The summed E-state index contributed by atoms with van der Waals surface area (Å²) >= 11 is 0. The summed E-state index contributed by atoms with van der Waals surface area (Å²) < 4.78 is 29.5. The lowest BCUT2D eigenvalue weighted by Crippen LogP contribution is -2.28. The molecule has 0 saturated heterocycles. The molecule has 0 radical (unpaired) electrons. The van der Waals surface area contributed by atoms with Gasteiger partial charge in [-0.1, -0.05) is 24.3 Å². The summed E-state index contributed by atoms with van der Waals surface area (Å²) in [5.74, 6) is 1.85. The summed E-state index contributed by atoms with van der Waals surface area (Å²) in [7, 11) is 0. The molecule has 0 amide bonds. The van der Waals surface area contributed by atoms with Crippen LogP contribution >= 0.6 is 0 Å². The highest BCUT2D eigenvalue weighted by molar-refractivity contribution is 5.91. The molecular formula is C20H19F2N5O. The van der Waals surface area contributed by atoms with Gasteiger partial charge in [-0.25, -0.2) is 15.0 Å². The van der Waals surface area contributed by atoms with E-state index in [-0.39, 0.29) is 12.3 Å². The molecule has 0 bridgehead atoms. The number of nitrogens with one attached hydrogen (secondary N) is 2. The number of aliphatic imine (C=N–C) groups is 1. The van der Waals surface area contributed by atoms with Crippen LogP contribution in [0.25, 0.3) is 0 Å². The highest BCUT2D eigenvalue weighted by atomic mass is 19.3. The van der Waals surface area contributed by atoms with Crippen molar-refractivity contribution in [2.45, 2.75) is 26.0 Å². The summed E-state index contributed by atoms with van der Waals surface area (Å²) in [6, 6.07) is 6.64. The Bertz CT molecular complexity index is 924. The first kappa shape index (κ1) is 18.1. The van der Waals surface area contributed by atoms with E-state index in [0.717, 1.165) is 24.2 Å². The average molecular weight is 383 g/mol. The molecule has 3 heterocycles. The molecule has 0 aliphatic carbocycles. The highest BCUT2D eigenvalue weighted by Crippen LogP contribution is 2.28. The Morgan fingerprint density at radius 1 is 1.21 bits per heavy atom. The monoisotopic (exact) mass is 383 g/mol. The zero-order valence-corrected chi connectivity index (χ0v) is 15.0. The maximum atomic E-state index is 12.5. The molecule has 144 valence electrons. The standard InChI is InChI=1S/C20H19F2N5O/c21-19(22)28-17-6-2-1-4-14(17)11-27-20-25-9-13(10-26-20)8-15-12-24-18-16(15)5-3-7-23-18/h1-4,6-7,9-10,12,16,19H,5,8,11H2,(H,23,24)(H,25,26,27). The minimum atomic E-state index is -2.86. The lowest BCUT2D eigenvalue weighted by atomic mass is 9.91. The van der Waals surface area contributed by atoms with E-state index < -0.39 is 6.61 Å². The van der Waals surface area contributed by atoms with Crippen molar-refractivity contribution in [3.63, 3.8) is 0 Å². The third-order valence-corrected chi connectivity index (χ3v) is 4.61. The maximum absolute atomic E-state index is 12.5. The lowest BCUT2D eigenvalue weighted by Gasteiger charge is -2.19. The van der Waals surface area contributed by atoms with Gasteiger partial charge in [0, 0.05) is 36.6 Å². The molecular weight excluding hydrogens is 364 g/mol. The molecule has 0 fully saturated rings. The number of fused-ring (bicyclic) bond motifs is 1. The Morgan fingerprint density at radius 3 is 2.86 bits per heavy atom. The van der Waals surface area contributed by atoms with Crippen LogP contribution in [0.1, 0.15) is 17.5 Å². The Morgan fingerprint density at radius 2 is 2.04 bits per heavy atom. The molecule has 2 aliphatic rings. The third-order valence-electron chi connectivity index (χ3n) is 4.61. The van der Waals surface area contributed by atoms with Crippen molar-refractivity contribution in [2.75, 3.05) is 5.32 Å². The predicted molar refractivity (Wildman–Crippen MR) is 102 cm³/mol. The fraction of sp³-hybridized carbons (Fsp3) is 0.250. The van der Waals surface area contributed by atoms with Gasteiger partial charge in [-0.3, -0.25) is 0 Å². The molecule has 1 atom stereocenters. The number of benzene rings is 1. The summed E-state index contributed by atoms with van der Waals surface area (Å²) in [4.78, 5) is 13.1. The van der Waals surface area contributed by atoms with Crippen LogP contribution in [0.15, 0.2) is 65.7 Å². The van der Waals surface area contributed by atoms with Gasteiger partial charge in [0.05, 0.1) is 0 Å². The first-order chi connectivity index (χ1) is 13.7. The number of halogens is 2. The van der Waals surface area contributed by atoms with Gasteiger partial charge < -0.3 is 15.4 Å². The average Bonchev–Trinajstić information content (AvgIpc) is 3.11. The number of nitrogens with zero attached hydrogens (tertiary/aromatic N) is 3. The number of hydrogen-bond acceptors (Lipinski definition) is 6. The quantitative estimate of drug-likeness (QED) is 0.764. The topological polar surface area (TPSA) is 71.4 Å². The van der Waals surface area contributed by atoms with Crippen molar-refractivity contribution >= 4 is 11.8 Å². The number of aromatic nitrogens is 2. The van der Waals surface area contributed by atoms with E-state index in [4.69, 9.17) is 0 Å². The zero-order chi connectivity index (χ0) is 19.3. The zero-order valence-electron chi connectivity index (χ0n) is 15.0. The molecule has 0 saturated carbocycles. The summed E-state index contributed by atoms with van der Waals surface area (Å²) in [6.07, 6.45) is 11.1. The second kappa shape index (κ2) is 8.16. The number of anilines is 1. The molecule has 1 unspecified atom stereocenters. The van der Waals surface area contributed by atoms with Crippen LogP contribution in [0.5, 0.6) is 5.75 Å². The molecule has 8 heteroatoms. The molecule has 2 aliphatic heterocycles. The van der Waals surface area contributed by atoms with Crippen molar-refractivity contribution in [3.05, 3.63) is 71.8 Å². The van der Waals surface area contributed by atoms with Crippen LogP contribution in [-0.4, -0.2) is 22.4 Å². The SMILES string of the molecule is FC(F)Oc1ccccc1CNc1ncc(CC2=CN=C3NC=CCC23)cn1. The van der Waals surface area contributed by atoms with E-state index in [1.807, 2.05) is 12.4 Å². The molecule has 2 N–H and O–H groups in total. The van der Waals surface area contributed by atoms with Crippen molar-refractivity contribution in [1.29, 1.82) is 0 Å². The number of para-hydroxylation sites is 1. The molecule has 1 aromatic carbocycles. The largest absolute Gasteiger partial charge is 0.434 e. The van der Waals surface area contributed by atoms with Gasteiger partial charge in [0.2, 0.25) is 5.95 Å². The summed E-state index contributed by atoms with van der Waals surface area (Å²) in [5.41, 5.74) is 2.83. The number of rotatable bonds is 7. The minimum absolute atomic E-state index is 0.140. The molecule has 2 aromatic rings. The van der Waals surface area contributed by atoms with Gasteiger partial charge in [0.1, 0.15) is 11.6 Å². The Kier molecular flexibility index (Phi) is 5.27. The number of amidine groups is 1. The smallest absolute Gasteiger partial charge is 0.387 e. The van der Waals surface area contributed by atoms with E-state index in [0.29, 0.717) is 17.4 Å². The van der Waals surface area contributed by atoms with Crippen molar-refractivity contribution in [1.82, 2.24) is 15.3 Å². The van der Waals surface area contributed by atoms with Crippen LogP contribution in [0.4, 0.5) is 14.7 Å². The number of ether oxygens (including phenoxy) is 1. The number of alkyl halides is 2. The maximum Gasteiger partial charge on any atom is 0.387 e. The van der Waals surface area contributed by atoms with E-state index in [2.05, 4.69) is 36.4 Å². The number of hydrogen-bond donors (Lipinski definition) is 2.